The van der Waals surface area contributed by atoms with Gasteiger partial charge in [0, 0.05) is 12.6 Å². The lowest BCUT2D eigenvalue weighted by molar-refractivity contribution is 0.102. The van der Waals surface area contributed by atoms with Crippen LogP contribution >= 0.6 is 0 Å². The van der Waals surface area contributed by atoms with Crippen molar-refractivity contribution in [1.29, 1.82) is 0 Å². The number of benzene rings is 1. The van der Waals surface area contributed by atoms with Crippen LogP contribution in [0.3, 0.4) is 0 Å². The van der Waals surface area contributed by atoms with Gasteiger partial charge in [-0.3, -0.25) is 0 Å². The Hall–Kier alpha value is -1.26. The van der Waals surface area contributed by atoms with Gasteiger partial charge in [0.05, 0.1) is 19.8 Å². The van der Waals surface area contributed by atoms with E-state index in [1.54, 1.807) is 0 Å². The Kier molecular flexibility index (Phi) is 9.70. The van der Waals surface area contributed by atoms with Gasteiger partial charge in [-0.15, -0.1) is 0 Å². The average Bonchev–Trinajstić information content (AvgIpc) is 2.46. The number of ether oxygens (including phenoxy) is 3. The Morgan fingerprint density at radius 3 is 2.50 bits per heavy atom. The number of nitrogens with one attached hydrogen (secondary N) is 1. The Morgan fingerprint density at radius 1 is 0.950 bits per heavy atom. The molecule has 4 nitrogen and oxygen atoms in total. The highest BCUT2D eigenvalue weighted by molar-refractivity contribution is 5.32. The Bertz CT molecular complexity index is 344. The zero-order chi connectivity index (χ0) is 14.5. The molecular formula is C16H27NO3. The number of unbranched alkanes of at least 4 members (excludes halogenated alkanes) is 1. The third kappa shape index (κ3) is 8.02. The fraction of sp³-hybridized carbons (Fsp3) is 0.625. The van der Waals surface area contributed by atoms with Crippen LogP contribution in [0.15, 0.2) is 24.3 Å². The molecule has 1 aromatic carbocycles. The van der Waals surface area contributed by atoms with Gasteiger partial charge in [-0.25, -0.2) is 0 Å². The molecule has 0 aliphatic rings. The minimum absolute atomic E-state index is 0.560. The topological polar surface area (TPSA) is 39.7 Å². The van der Waals surface area contributed by atoms with Gasteiger partial charge >= 0.3 is 0 Å². The van der Waals surface area contributed by atoms with Crippen LogP contribution < -0.4 is 14.8 Å². The van der Waals surface area contributed by atoms with Crippen LogP contribution in [-0.4, -0.2) is 39.5 Å². The van der Waals surface area contributed by atoms with Crippen LogP contribution in [-0.2, 0) is 4.74 Å². The molecule has 0 unspecified atom stereocenters. The molecular weight excluding hydrogens is 254 g/mol. The van der Waals surface area contributed by atoms with E-state index in [0.717, 1.165) is 31.2 Å². The predicted molar refractivity (Wildman–Crippen MR) is 81.7 cm³/mol. The molecule has 0 spiro atoms. The summed E-state index contributed by atoms with van der Waals surface area (Å²) < 4.78 is 16.5. The highest BCUT2D eigenvalue weighted by Gasteiger charge is 1.97. The van der Waals surface area contributed by atoms with Crippen molar-refractivity contribution >= 4 is 0 Å². The standard InChI is InChI=1S/C16H27NO3/c1-3-5-9-17-10-11-18-12-13-20-16-8-6-7-15(14-16)19-4-2/h6-8,14,17H,3-5,9-13H2,1-2H3. The number of hydrogen-bond acceptors (Lipinski definition) is 4. The van der Waals surface area contributed by atoms with Gasteiger partial charge in [-0.05, 0) is 32.0 Å². The molecule has 1 aromatic rings. The molecule has 0 bridgehead atoms. The van der Waals surface area contributed by atoms with E-state index in [1.807, 2.05) is 31.2 Å². The van der Waals surface area contributed by atoms with Gasteiger partial charge in [0.25, 0.3) is 0 Å². The summed E-state index contributed by atoms with van der Waals surface area (Å²) in [5, 5.41) is 3.33. The van der Waals surface area contributed by atoms with Crippen molar-refractivity contribution < 1.29 is 14.2 Å². The van der Waals surface area contributed by atoms with E-state index in [9.17, 15) is 0 Å². The Morgan fingerprint density at radius 2 is 1.75 bits per heavy atom. The summed E-state index contributed by atoms with van der Waals surface area (Å²) >= 11 is 0. The summed E-state index contributed by atoms with van der Waals surface area (Å²) in [6, 6.07) is 7.68. The minimum atomic E-state index is 0.560. The third-order valence-corrected chi connectivity index (χ3v) is 2.74. The summed E-state index contributed by atoms with van der Waals surface area (Å²) in [6.45, 7) is 8.69. The van der Waals surface area contributed by atoms with Crippen molar-refractivity contribution in [2.45, 2.75) is 26.7 Å². The van der Waals surface area contributed by atoms with Crippen LogP contribution in [0, 0.1) is 0 Å². The maximum atomic E-state index is 5.61. The lowest BCUT2D eigenvalue weighted by Crippen LogP contribution is -2.21. The summed E-state index contributed by atoms with van der Waals surface area (Å²) in [4.78, 5) is 0. The smallest absolute Gasteiger partial charge is 0.123 e. The molecule has 0 radical (unpaired) electrons. The van der Waals surface area contributed by atoms with Gasteiger partial charge in [0.15, 0.2) is 0 Å². The largest absolute Gasteiger partial charge is 0.494 e. The predicted octanol–water partition coefficient (Wildman–Crippen LogP) is 2.87. The monoisotopic (exact) mass is 281 g/mol. The number of rotatable bonds is 12. The normalized spacial score (nSPS) is 10.5. The SMILES string of the molecule is CCCCNCCOCCOc1cccc(OCC)c1. The van der Waals surface area contributed by atoms with Crippen molar-refractivity contribution in [2.75, 3.05) is 39.5 Å². The molecule has 0 saturated carbocycles. The first kappa shape index (κ1) is 16.8. The first-order chi connectivity index (χ1) is 9.86. The van der Waals surface area contributed by atoms with Crippen LogP contribution in [0.5, 0.6) is 11.5 Å². The molecule has 20 heavy (non-hydrogen) atoms. The molecule has 0 atom stereocenters. The van der Waals surface area contributed by atoms with Crippen LogP contribution in [0.25, 0.3) is 0 Å². The molecule has 1 rings (SSSR count). The van der Waals surface area contributed by atoms with Crippen molar-refractivity contribution in [2.24, 2.45) is 0 Å². The fourth-order valence-corrected chi connectivity index (χ4v) is 1.71. The molecule has 114 valence electrons. The molecule has 0 aromatic heterocycles. The van der Waals surface area contributed by atoms with E-state index in [2.05, 4.69) is 12.2 Å². The molecule has 0 heterocycles. The fourth-order valence-electron chi connectivity index (χ4n) is 1.71. The quantitative estimate of drug-likeness (QED) is 0.598. The second-order valence-electron chi connectivity index (χ2n) is 4.47. The molecule has 0 saturated heterocycles. The van der Waals surface area contributed by atoms with Crippen LogP contribution in [0.2, 0.25) is 0 Å². The van der Waals surface area contributed by atoms with E-state index in [1.165, 1.54) is 12.8 Å². The first-order valence-electron chi connectivity index (χ1n) is 7.51. The van der Waals surface area contributed by atoms with Gasteiger partial charge in [-0.1, -0.05) is 19.4 Å². The molecule has 0 fully saturated rings. The molecule has 4 heteroatoms. The van der Waals surface area contributed by atoms with Gasteiger partial charge in [0.1, 0.15) is 18.1 Å². The van der Waals surface area contributed by atoms with Crippen molar-refractivity contribution in [3.63, 3.8) is 0 Å². The van der Waals surface area contributed by atoms with E-state index in [-0.39, 0.29) is 0 Å². The third-order valence-electron chi connectivity index (χ3n) is 2.74. The molecule has 0 amide bonds. The highest BCUT2D eigenvalue weighted by Crippen LogP contribution is 2.19. The van der Waals surface area contributed by atoms with E-state index in [4.69, 9.17) is 14.2 Å². The maximum Gasteiger partial charge on any atom is 0.123 e. The summed E-state index contributed by atoms with van der Waals surface area (Å²) in [5.74, 6) is 1.66. The maximum absolute atomic E-state index is 5.61. The lowest BCUT2D eigenvalue weighted by Gasteiger charge is -2.09. The lowest BCUT2D eigenvalue weighted by atomic mass is 10.3. The van der Waals surface area contributed by atoms with E-state index < -0.39 is 0 Å². The second-order valence-corrected chi connectivity index (χ2v) is 4.47. The van der Waals surface area contributed by atoms with E-state index >= 15 is 0 Å². The van der Waals surface area contributed by atoms with Crippen LogP contribution in [0.1, 0.15) is 26.7 Å². The Labute approximate surface area is 122 Å². The summed E-state index contributed by atoms with van der Waals surface area (Å²) in [5.41, 5.74) is 0. The van der Waals surface area contributed by atoms with Crippen molar-refractivity contribution in [3.05, 3.63) is 24.3 Å². The second kappa shape index (κ2) is 11.6. The van der Waals surface area contributed by atoms with Crippen molar-refractivity contribution in [3.8, 4) is 11.5 Å². The zero-order valence-corrected chi connectivity index (χ0v) is 12.7. The first-order valence-corrected chi connectivity index (χ1v) is 7.51. The molecule has 0 aliphatic heterocycles. The van der Waals surface area contributed by atoms with Gasteiger partial charge < -0.3 is 19.5 Å². The molecule has 0 aliphatic carbocycles. The highest BCUT2D eigenvalue weighted by atomic mass is 16.5. The molecule has 1 N–H and O–H groups in total. The average molecular weight is 281 g/mol. The minimum Gasteiger partial charge on any atom is -0.494 e. The number of hydrogen-bond donors (Lipinski definition) is 1. The van der Waals surface area contributed by atoms with E-state index in [0.29, 0.717) is 19.8 Å². The summed E-state index contributed by atoms with van der Waals surface area (Å²) in [6.07, 6.45) is 2.45. The van der Waals surface area contributed by atoms with Crippen LogP contribution in [0.4, 0.5) is 0 Å². The van der Waals surface area contributed by atoms with Gasteiger partial charge in [-0.2, -0.15) is 0 Å². The van der Waals surface area contributed by atoms with Crippen molar-refractivity contribution in [1.82, 2.24) is 5.32 Å². The van der Waals surface area contributed by atoms with Gasteiger partial charge in [0.2, 0.25) is 0 Å². The Balaban J connectivity index is 2.02. The summed E-state index contributed by atoms with van der Waals surface area (Å²) in [7, 11) is 0. The zero-order valence-electron chi connectivity index (χ0n) is 12.7.